The van der Waals surface area contributed by atoms with E-state index in [1.807, 2.05) is 12.1 Å². The number of hydrogen-bond acceptors (Lipinski definition) is 3. The van der Waals surface area contributed by atoms with Crippen LogP contribution in [0.5, 0.6) is 0 Å². The molecule has 0 aliphatic rings. The molecule has 1 atom stereocenters. The van der Waals surface area contributed by atoms with Gasteiger partial charge in [-0.2, -0.15) is 5.26 Å². The number of hydrogen-bond donors (Lipinski definition) is 2. The fourth-order valence-corrected chi connectivity index (χ4v) is 1.54. The van der Waals surface area contributed by atoms with Gasteiger partial charge in [-0.3, -0.25) is 0 Å². The summed E-state index contributed by atoms with van der Waals surface area (Å²) < 4.78 is 0. The number of nitrogens with zero attached hydrogens (tertiary/aromatic N) is 1. The summed E-state index contributed by atoms with van der Waals surface area (Å²) in [5.41, 5.74) is 1.53. The highest BCUT2D eigenvalue weighted by molar-refractivity contribution is 6.31. The van der Waals surface area contributed by atoms with E-state index >= 15 is 0 Å². The van der Waals surface area contributed by atoms with Crippen molar-refractivity contribution in [2.45, 2.75) is 26.0 Å². The molecule has 1 unspecified atom stereocenters. The molecular formula is C12H15ClN2O. The van der Waals surface area contributed by atoms with Gasteiger partial charge < -0.3 is 10.4 Å². The van der Waals surface area contributed by atoms with Gasteiger partial charge in [0, 0.05) is 11.6 Å². The van der Waals surface area contributed by atoms with Gasteiger partial charge in [0.1, 0.15) is 0 Å². The topological polar surface area (TPSA) is 56.0 Å². The molecule has 4 heteroatoms. The highest BCUT2D eigenvalue weighted by Gasteiger charge is 2.01. The van der Waals surface area contributed by atoms with Gasteiger partial charge in [0.15, 0.2) is 0 Å². The van der Waals surface area contributed by atoms with Crippen LogP contribution in [-0.4, -0.2) is 17.8 Å². The molecule has 1 aromatic rings. The van der Waals surface area contributed by atoms with E-state index in [1.54, 1.807) is 19.1 Å². The molecule has 3 nitrogen and oxygen atoms in total. The summed E-state index contributed by atoms with van der Waals surface area (Å²) in [5.74, 6) is 0. The molecule has 0 heterocycles. The first-order chi connectivity index (χ1) is 7.63. The number of benzene rings is 1. The first-order valence-corrected chi connectivity index (χ1v) is 5.58. The Bertz CT molecular complexity index is 385. The lowest BCUT2D eigenvalue weighted by atomic mass is 10.1. The molecule has 0 aromatic heterocycles. The first-order valence-electron chi connectivity index (χ1n) is 5.21. The lowest BCUT2D eigenvalue weighted by molar-refractivity contribution is 0.183. The molecule has 2 N–H and O–H groups in total. The van der Waals surface area contributed by atoms with E-state index < -0.39 is 0 Å². The minimum atomic E-state index is -0.288. The molecule has 0 saturated carbocycles. The van der Waals surface area contributed by atoms with Crippen molar-refractivity contribution in [3.8, 4) is 6.07 Å². The second-order valence-electron chi connectivity index (χ2n) is 3.73. The molecule has 0 aliphatic heterocycles. The summed E-state index contributed by atoms with van der Waals surface area (Å²) in [5, 5.41) is 21.5. The average molecular weight is 239 g/mol. The highest BCUT2D eigenvalue weighted by atomic mass is 35.5. The molecule has 0 fully saturated rings. The van der Waals surface area contributed by atoms with Crippen molar-refractivity contribution in [1.82, 2.24) is 5.32 Å². The smallest absolute Gasteiger partial charge is 0.0992 e. The van der Waals surface area contributed by atoms with Crippen LogP contribution in [0.1, 0.15) is 24.5 Å². The zero-order chi connectivity index (χ0) is 12.0. The number of rotatable bonds is 5. The molecule has 0 saturated heterocycles. The molecule has 86 valence electrons. The maximum atomic E-state index is 9.07. The van der Waals surface area contributed by atoms with Crippen LogP contribution in [0.3, 0.4) is 0 Å². The van der Waals surface area contributed by atoms with E-state index in [-0.39, 0.29) is 6.10 Å². The van der Waals surface area contributed by atoms with Crippen molar-refractivity contribution in [2.75, 3.05) is 6.54 Å². The third kappa shape index (κ3) is 4.19. The predicted octanol–water partition coefficient (Wildman–Crippen LogP) is 2.07. The number of aliphatic hydroxyl groups is 1. The van der Waals surface area contributed by atoms with Crippen LogP contribution in [0, 0.1) is 11.3 Å². The second-order valence-corrected chi connectivity index (χ2v) is 4.14. The molecule has 1 rings (SSSR count). The summed E-state index contributed by atoms with van der Waals surface area (Å²) in [6.45, 7) is 3.15. The lowest BCUT2D eigenvalue weighted by Crippen LogP contribution is -2.18. The summed E-state index contributed by atoms with van der Waals surface area (Å²) in [4.78, 5) is 0. The Balaban J connectivity index is 2.46. The van der Waals surface area contributed by atoms with Gasteiger partial charge in [-0.05, 0) is 37.6 Å². The van der Waals surface area contributed by atoms with Gasteiger partial charge >= 0.3 is 0 Å². The van der Waals surface area contributed by atoms with E-state index in [0.717, 1.165) is 12.1 Å². The van der Waals surface area contributed by atoms with Gasteiger partial charge in [0.25, 0.3) is 0 Å². The quantitative estimate of drug-likeness (QED) is 0.773. The first kappa shape index (κ1) is 13.0. The third-order valence-electron chi connectivity index (χ3n) is 2.24. The fourth-order valence-electron chi connectivity index (χ4n) is 1.29. The second kappa shape index (κ2) is 6.49. The van der Waals surface area contributed by atoms with Crippen molar-refractivity contribution in [3.63, 3.8) is 0 Å². The van der Waals surface area contributed by atoms with Crippen LogP contribution in [0.2, 0.25) is 5.02 Å². The largest absolute Gasteiger partial charge is 0.393 e. The van der Waals surface area contributed by atoms with Crippen LogP contribution >= 0.6 is 11.6 Å². The summed E-state index contributed by atoms with van der Waals surface area (Å²) in [6.07, 6.45) is 0.428. The summed E-state index contributed by atoms with van der Waals surface area (Å²) in [6, 6.07) is 7.29. The zero-order valence-corrected chi connectivity index (χ0v) is 9.96. The fraction of sp³-hybridized carbons (Fsp3) is 0.417. The Morgan fingerprint density at radius 1 is 1.56 bits per heavy atom. The van der Waals surface area contributed by atoms with Crippen molar-refractivity contribution >= 4 is 11.6 Å². The molecule has 1 aromatic carbocycles. The standard InChI is InChI=1S/C12H15ClN2O/c1-9(16)4-5-15-8-11-3-2-10(7-14)6-12(11)13/h2-3,6,9,15-16H,4-5,8H2,1H3. The Hall–Kier alpha value is -1.08. The maximum Gasteiger partial charge on any atom is 0.0992 e. The van der Waals surface area contributed by atoms with Crippen molar-refractivity contribution in [2.24, 2.45) is 0 Å². The van der Waals surface area contributed by atoms with Crippen LogP contribution in [0.15, 0.2) is 18.2 Å². The van der Waals surface area contributed by atoms with Crippen LogP contribution in [0.4, 0.5) is 0 Å². The molecular weight excluding hydrogens is 224 g/mol. The van der Waals surface area contributed by atoms with E-state index in [9.17, 15) is 0 Å². The van der Waals surface area contributed by atoms with Crippen LogP contribution < -0.4 is 5.32 Å². The Morgan fingerprint density at radius 3 is 2.88 bits per heavy atom. The average Bonchev–Trinajstić information content (AvgIpc) is 2.25. The number of nitriles is 1. The molecule has 0 radical (unpaired) electrons. The van der Waals surface area contributed by atoms with Gasteiger partial charge in [-0.1, -0.05) is 17.7 Å². The minimum Gasteiger partial charge on any atom is -0.393 e. The lowest BCUT2D eigenvalue weighted by Gasteiger charge is -2.08. The Labute approximate surface area is 101 Å². The minimum absolute atomic E-state index is 0.288. The maximum absolute atomic E-state index is 9.07. The Kier molecular flexibility index (Phi) is 5.27. The summed E-state index contributed by atoms with van der Waals surface area (Å²) >= 11 is 6.01. The summed E-state index contributed by atoms with van der Waals surface area (Å²) in [7, 11) is 0. The number of aliphatic hydroxyl groups excluding tert-OH is 1. The number of halogens is 1. The van der Waals surface area contributed by atoms with Gasteiger partial charge in [-0.15, -0.1) is 0 Å². The number of nitrogens with one attached hydrogen (secondary N) is 1. The van der Waals surface area contributed by atoms with E-state index in [2.05, 4.69) is 5.32 Å². The Morgan fingerprint density at radius 2 is 2.31 bits per heavy atom. The van der Waals surface area contributed by atoms with Crippen LogP contribution in [-0.2, 0) is 6.54 Å². The molecule has 0 amide bonds. The molecule has 16 heavy (non-hydrogen) atoms. The van der Waals surface area contributed by atoms with Gasteiger partial charge in [0.05, 0.1) is 17.7 Å². The third-order valence-corrected chi connectivity index (χ3v) is 2.59. The molecule has 0 aliphatic carbocycles. The SMILES string of the molecule is CC(O)CCNCc1ccc(C#N)cc1Cl. The van der Waals surface area contributed by atoms with E-state index in [1.165, 1.54) is 0 Å². The van der Waals surface area contributed by atoms with Crippen LogP contribution in [0.25, 0.3) is 0 Å². The highest BCUT2D eigenvalue weighted by Crippen LogP contribution is 2.17. The molecule has 0 bridgehead atoms. The molecule has 0 spiro atoms. The van der Waals surface area contributed by atoms with Crippen molar-refractivity contribution in [1.29, 1.82) is 5.26 Å². The van der Waals surface area contributed by atoms with Crippen molar-refractivity contribution < 1.29 is 5.11 Å². The van der Waals surface area contributed by atoms with Gasteiger partial charge in [-0.25, -0.2) is 0 Å². The van der Waals surface area contributed by atoms with Crippen molar-refractivity contribution in [3.05, 3.63) is 34.3 Å². The van der Waals surface area contributed by atoms with E-state index in [0.29, 0.717) is 23.6 Å². The van der Waals surface area contributed by atoms with E-state index in [4.69, 9.17) is 22.0 Å². The zero-order valence-electron chi connectivity index (χ0n) is 9.20. The predicted molar refractivity (Wildman–Crippen MR) is 64.2 cm³/mol. The van der Waals surface area contributed by atoms with Gasteiger partial charge in [0.2, 0.25) is 0 Å². The normalized spacial score (nSPS) is 12.1. The monoisotopic (exact) mass is 238 g/mol.